The number of nitrogens with zero attached hydrogens (tertiary/aromatic N) is 4. The van der Waals surface area contributed by atoms with Crippen molar-refractivity contribution < 1.29 is 121 Å². The molecule has 2 aromatic heterocycles. The number of hydrogen-bond donors (Lipinski definition) is 20. The van der Waals surface area contributed by atoms with E-state index in [1.165, 1.54) is 66.3 Å². The van der Waals surface area contributed by atoms with Gasteiger partial charge in [0.05, 0.1) is 68.2 Å². The van der Waals surface area contributed by atoms with Gasteiger partial charge in [-0.1, -0.05) is 43.2 Å². The van der Waals surface area contributed by atoms with Gasteiger partial charge in [0, 0.05) is 91.0 Å². The number of benzene rings is 1. The summed E-state index contributed by atoms with van der Waals surface area (Å²) in [4.78, 5) is 240. The maximum absolute atomic E-state index is 14.1. The number of rotatable bonds is 49. The van der Waals surface area contributed by atoms with Gasteiger partial charge in [0.1, 0.15) is 49.5 Å². The molecule has 10 atom stereocenters. The van der Waals surface area contributed by atoms with E-state index >= 15 is 0 Å². The first-order valence-corrected chi connectivity index (χ1v) is 39.3. The number of ether oxygens (including phenoxy) is 3. The van der Waals surface area contributed by atoms with Gasteiger partial charge in [-0.05, 0) is 56.9 Å². The number of nitrogens with two attached hydrogens (primary N) is 2. The average Bonchev–Trinajstić information content (AvgIpc) is 1.50. The number of hydrogen-bond acceptors (Lipinski definition) is 34. The monoisotopic (exact) mass is 1660 g/mol. The number of amides is 9. The number of aromatic amines is 1. The Morgan fingerprint density at radius 2 is 1.27 bits per heavy atom. The quantitative estimate of drug-likeness (QED) is 0.00843. The van der Waals surface area contributed by atoms with Gasteiger partial charge in [-0.15, -0.1) is 5.59 Å². The summed E-state index contributed by atoms with van der Waals surface area (Å²) >= 11 is 0. The molecule has 1 unspecified atom stereocenters. The first-order valence-electron chi connectivity index (χ1n) is 34.3. The largest absolute Gasteiger partial charge is 0.481 e. The van der Waals surface area contributed by atoms with E-state index in [2.05, 4.69) is 62.0 Å². The van der Waals surface area contributed by atoms with Gasteiger partial charge in [-0.25, -0.2) is 34.6 Å². The molecule has 5 heterocycles. The topological polar surface area (TPSA) is 692 Å². The van der Waals surface area contributed by atoms with E-state index in [1.807, 2.05) is 27.0 Å². The van der Waals surface area contributed by atoms with E-state index in [-0.39, 0.29) is 133 Å². The molecule has 1 aliphatic carbocycles. The number of allylic oxidation sites excluding steroid dienone is 2. The Morgan fingerprint density at radius 3 is 1.89 bits per heavy atom. The van der Waals surface area contributed by atoms with Gasteiger partial charge in [-0.3, -0.25) is 72.2 Å². The molecule has 7 rings (SSSR count). The van der Waals surface area contributed by atoms with E-state index in [0.29, 0.717) is 29.4 Å². The van der Waals surface area contributed by atoms with Gasteiger partial charge in [0.25, 0.3) is 11.5 Å². The van der Waals surface area contributed by atoms with E-state index in [1.54, 1.807) is 11.8 Å². The number of nitrogens with one attached hydrogen (secondary N) is 13. The smallest absolute Gasteiger partial charge is 0.423 e. The number of aromatic nitrogens is 4. The van der Waals surface area contributed by atoms with Crippen molar-refractivity contribution in [3.8, 4) is 0 Å². The molecule has 9 amide bonds. The summed E-state index contributed by atoms with van der Waals surface area (Å²) in [5.74, 6) is -17.9. The molecule has 45 nitrogen and oxygen atoms in total. The van der Waals surface area contributed by atoms with Crippen molar-refractivity contribution >= 4 is 161 Å². The van der Waals surface area contributed by atoms with E-state index in [9.17, 15) is 107 Å². The molecule has 0 saturated carbocycles. The van der Waals surface area contributed by atoms with Crippen molar-refractivity contribution in [2.24, 2.45) is 11.7 Å². The summed E-state index contributed by atoms with van der Waals surface area (Å²) in [6.45, 7) is 1.83. The number of H-pyrrole nitrogens is 1. The molecule has 0 bridgehead atoms. The van der Waals surface area contributed by atoms with Crippen molar-refractivity contribution in [2.75, 3.05) is 81.1 Å². The molecular formula is C64H83N19O26S4. The summed E-state index contributed by atoms with van der Waals surface area (Å²) in [7, 11) is 7.28. The number of ketones is 2. The molecule has 614 valence electrons. The fourth-order valence-electron chi connectivity index (χ4n) is 11.9. The summed E-state index contributed by atoms with van der Waals surface area (Å²) in [6, 6.07) is -6.38. The third-order valence-electron chi connectivity index (χ3n) is 17.3. The molecule has 0 spiro atoms. The second-order valence-corrected chi connectivity index (χ2v) is 30.4. The summed E-state index contributed by atoms with van der Waals surface area (Å²) in [5, 5.41) is 74.4. The van der Waals surface area contributed by atoms with Crippen LogP contribution in [0.4, 0.5) is 21.2 Å². The van der Waals surface area contributed by atoms with Crippen molar-refractivity contribution in [1.29, 1.82) is 0 Å². The number of carboxylic acids is 5. The third kappa shape index (κ3) is 25.4. The number of nitrogen functional groups attached to an aromatic ring is 1. The lowest BCUT2D eigenvalue weighted by Crippen LogP contribution is -2.60. The summed E-state index contributed by atoms with van der Waals surface area (Å²) in [6.07, 6.45) is -5.77. The molecule has 49 heteroatoms. The zero-order valence-corrected chi connectivity index (χ0v) is 63.7. The Bertz CT molecular complexity index is 4250. The molecule has 113 heavy (non-hydrogen) atoms. The minimum absolute atomic E-state index is 0.0185. The molecule has 2 saturated heterocycles. The number of primary amides is 1. The standard InChI is InChI=1S/C64H83N19O26S4/c1-28-46(50(93)45-32(26-109-62(66)104)64(106-2)51-38(73-51)25-83(64)48(45)49(28)92)68-15-18-111-110-17-13-40(84)67-14-5-4-6-33(59(100)101)75-57(98)39(27-113-112-19-16-108-63(105)81-82-107-3)78-56(97)37(22-44(90)91)77-55(96)36(21-43(88)89)76-54(95)35(20-42(86)87)72-41(85)12-11-34(60(102)103)74-53(94)29-7-9-30(10-8-29)69-23-31-24-70-52-47(71-31)58(99)80-61(65)79-52/h7-10,24,32-39,51,68-69,73,82H,4-6,11-23,25-27H2,1-3H3,(H2,66,104)(H,67,84)(H,72,85)(H,74,94)(H,75,98)(H,76,95)(H,77,96)(H,78,97)(H,81,105)(H,86,87)(H,88,89)(H,90,91)(H,100,101)(H,102,103)(H3,65,70,79,80,99)/t32-,33?,34+,35+,36+,37+,38+,39+,51+,64-/m1/s1. The van der Waals surface area contributed by atoms with Crippen LogP contribution < -0.4 is 81.2 Å². The van der Waals surface area contributed by atoms with Gasteiger partial charge in [0.15, 0.2) is 16.9 Å². The fourth-order valence-corrected chi connectivity index (χ4v) is 15.8. The van der Waals surface area contributed by atoms with Crippen molar-refractivity contribution in [1.82, 2.24) is 83.7 Å². The Kier molecular flexibility index (Phi) is 33.5. The van der Waals surface area contributed by atoms with Gasteiger partial charge >= 0.3 is 42.0 Å². The number of methoxy groups -OCH3 is 1. The molecule has 2 fully saturated rings. The van der Waals surface area contributed by atoms with Gasteiger partial charge in [0.2, 0.25) is 53.0 Å². The molecule has 1 aromatic carbocycles. The number of aliphatic carboxylic acids is 5. The lowest BCUT2D eigenvalue weighted by molar-refractivity contribution is -0.144. The second-order valence-electron chi connectivity index (χ2n) is 25.1. The number of anilines is 2. The lowest BCUT2D eigenvalue weighted by Gasteiger charge is -2.39. The minimum atomic E-state index is -2.27. The zero-order chi connectivity index (χ0) is 82.8. The Balaban J connectivity index is 0.877. The van der Waals surface area contributed by atoms with Crippen molar-refractivity contribution in [2.45, 2.75) is 125 Å². The maximum Gasteiger partial charge on any atom is 0.423 e. The van der Waals surface area contributed by atoms with Crippen molar-refractivity contribution in [3.63, 3.8) is 0 Å². The predicted molar refractivity (Wildman–Crippen MR) is 398 cm³/mol. The summed E-state index contributed by atoms with van der Waals surface area (Å²) < 4.78 is 16.1. The highest BCUT2D eigenvalue weighted by molar-refractivity contribution is 8.77. The van der Waals surface area contributed by atoms with Gasteiger partial charge < -0.3 is 109 Å². The Labute approximate surface area is 655 Å². The van der Waals surface area contributed by atoms with E-state index < -0.39 is 175 Å². The number of piperazine rings is 1. The number of Topliss-reactive ketones (excluding diaryl/α,β-unsaturated/α-hetero) is 2. The zero-order valence-electron chi connectivity index (χ0n) is 60.4. The average molecular weight is 1660 g/mol. The van der Waals surface area contributed by atoms with Crippen LogP contribution in [0.5, 0.6) is 0 Å². The van der Waals surface area contributed by atoms with Crippen LogP contribution in [0.25, 0.3) is 11.2 Å². The molecular weight excluding hydrogens is 1580 g/mol. The fraction of sp³-hybridized carbons (Fsp3) is 0.500. The first-order chi connectivity index (χ1) is 53.8. The number of carbonyl (C=O) groups excluding carboxylic acids is 11. The van der Waals surface area contributed by atoms with Crippen molar-refractivity contribution in [3.05, 3.63) is 74.6 Å². The van der Waals surface area contributed by atoms with Gasteiger partial charge in [-0.2, -0.15) is 4.98 Å². The maximum atomic E-state index is 14.1. The molecule has 3 aromatic rings. The van der Waals surface area contributed by atoms with E-state index in [4.69, 9.17) is 25.7 Å². The predicted octanol–water partition coefficient (Wildman–Crippen LogP) is -3.97. The highest BCUT2D eigenvalue weighted by Gasteiger charge is 2.73. The number of carbonyl (C=O) groups is 16. The first kappa shape index (κ1) is 89.1. The van der Waals surface area contributed by atoms with E-state index in [0.717, 1.165) is 21.6 Å². The third-order valence-corrected chi connectivity index (χ3v) is 22.1. The van der Waals surface area contributed by atoms with Crippen LogP contribution in [0.2, 0.25) is 0 Å². The van der Waals surface area contributed by atoms with Crippen LogP contribution in [0, 0.1) is 5.92 Å². The number of fused-ring (bicyclic) bond motifs is 5. The van der Waals surface area contributed by atoms with Crippen LogP contribution in [0.3, 0.4) is 0 Å². The van der Waals surface area contributed by atoms with Crippen LogP contribution in [0.15, 0.2) is 57.8 Å². The van der Waals surface area contributed by atoms with Crippen LogP contribution in [0.1, 0.15) is 80.8 Å². The SMILES string of the molecule is CONNC(=O)OCCSSC[C@H](NC(=O)[C@H](CC(=O)O)NC(=O)[C@H](CC(=O)O)NC(=O)[C@H](CC(=O)O)NC(=O)CC[C@H](NC(=O)c1ccc(NCc2cnc3nc(N)[nH]c(=O)c3n2)cc1)C(=O)O)C(=O)NC(CCCCNC(=O)CCSSCCNC1=C(C)C(=O)C2=C(C1=O)[C@@H](COC(N)=O)[C@@]1(OC)[C@H]3N[C@H]3CN21)C(=O)O. The Morgan fingerprint density at radius 1 is 0.673 bits per heavy atom. The highest BCUT2D eigenvalue weighted by atomic mass is 33.1. The van der Waals surface area contributed by atoms with Crippen LogP contribution >= 0.6 is 43.2 Å². The lowest BCUT2D eigenvalue weighted by atomic mass is 9.82. The minimum Gasteiger partial charge on any atom is -0.481 e. The normalized spacial score (nSPS) is 18.1. The number of carboxylic acid groups (broad SMARTS) is 5. The number of unbranched alkanes of at least 4 members (excludes halogenated alkanes) is 1. The molecule has 0 radical (unpaired) electrons. The molecule has 3 aliphatic heterocycles. The van der Waals surface area contributed by atoms with Crippen LogP contribution in [-0.4, -0.2) is 269 Å². The molecule has 4 aliphatic rings. The molecule has 22 N–H and O–H groups in total. The van der Waals surface area contributed by atoms with Crippen LogP contribution in [-0.2, 0) is 87.9 Å². The highest BCUT2D eigenvalue weighted by Crippen LogP contribution is 2.55. The number of hydrazine groups is 1. The Hall–Kier alpha value is -11.1. The second kappa shape index (κ2) is 42.5. The summed E-state index contributed by atoms with van der Waals surface area (Å²) in [5.41, 5.74) is 14.6.